The van der Waals surface area contributed by atoms with Gasteiger partial charge in [-0.1, -0.05) is 0 Å². The number of hydrogen-bond donors (Lipinski definition) is 2. The van der Waals surface area contributed by atoms with Crippen molar-refractivity contribution in [1.29, 1.82) is 0 Å². The van der Waals surface area contributed by atoms with Crippen LogP contribution in [-0.4, -0.2) is 60.9 Å². The van der Waals surface area contributed by atoms with Crippen LogP contribution in [0.4, 0.5) is 0 Å². The summed E-state index contributed by atoms with van der Waals surface area (Å²) < 4.78 is 5.28. The van der Waals surface area contributed by atoms with Crippen molar-refractivity contribution in [2.24, 2.45) is 5.92 Å². The fraction of sp³-hybridized carbons (Fsp3) is 0.917. The van der Waals surface area contributed by atoms with Crippen molar-refractivity contribution < 1.29 is 14.6 Å². The minimum Gasteiger partial charge on any atom is -0.480 e. The van der Waals surface area contributed by atoms with Gasteiger partial charge in [0.25, 0.3) is 0 Å². The third kappa shape index (κ3) is 3.18. The molecule has 5 heteroatoms. The van der Waals surface area contributed by atoms with E-state index in [0.717, 1.165) is 52.2 Å². The highest BCUT2D eigenvalue weighted by atomic mass is 16.5. The highest BCUT2D eigenvalue weighted by molar-refractivity contribution is 5.79. The van der Waals surface area contributed by atoms with E-state index in [-0.39, 0.29) is 0 Å². The second-order valence-electron chi connectivity index (χ2n) is 5.16. The van der Waals surface area contributed by atoms with Crippen LogP contribution in [0, 0.1) is 5.92 Å². The first-order valence-corrected chi connectivity index (χ1v) is 6.41. The lowest BCUT2D eigenvalue weighted by atomic mass is 9.96. The van der Waals surface area contributed by atoms with E-state index >= 15 is 0 Å². The number of nitrogens with zero attached hydrogens (tertiary/aromatic N) is 1. The molecule has 2 rings (SSSR count). The number of carbonyl (C=O) groups is 1. The molecule has 2 aliphatic rings. The summed E-state index contributed by atoms with van der Waals surface area (Å²) in [6.07, 6.45) is 2.07. The molecule has 0 radical (unpaired) electrons. The molecule has 0 spiro atoms. The van der Waals surface area contributed by atoms with Gasteiger partial charge < -0.3 is 15.2 Å². The van der Waals surface area contributed by atoms with Crippen molar-refractivity contribution in [2.45, 2.75) is 25.3 Å². The Labute approximate surface area is 102 Å². The summed E-state index contributed by atoms with van der Waals surface area (Å²) in [6.45, 7) is 6.94. The van der Waals surface area contributed by atoms with Gasteiger partial charge in [-0.3, -0.25) is 9.69 Å². The summed E-state index contributed by atoms with van der Waals surface area (Å²) in [5.74, 6) is -0.410. The lowest BCUT2D eigenvalue weighted by Crippen LogP contribution is -2.54. The first kappa shape index (κ1) is 12.8. The van der Waals surface area contributed by atoms with Crippen LogP contribution in [0.15, 0.2) is 0 Å². The third-order valence-electron chi connectivity index (χ3n) is 3.86. The Bertz CT molecular complexity index is 275. The van der Waals surface area contributed by atoms with Gasteiger partial charge in [0.05, 0.1) is 13.2 Å². The van der Waals surface area contributed by atoms with Gasteiger partial charge in [0.2, 0.25) is 0 Å². The Morgan fingerprint density at radius 2 is 2.12 bits per heavy atom. The van der Waals surface area contributed by atoms with Crippen LogP contribution in [0.1, 0.15) is 19.8 Å². The Kier molecular flexibility index (Phi) is 4.01. The van der Waals surface area contributed by atoms with E-state index in [9.17, 15) is 9.90 Å². The number of nitrogens with one attached hydrogen (secondary N) is 1. The minimum atomic E-state index is -0.730. The van der Waals surface area contributed by atoms with Crippen LogP contribution < -0.4 is 5.32 Å². The molecule has 1 atom stereocenters. The summed E-state index contributed by atoms with van der Waals surface area (Å²) in [7, 11) is 0. The van der Waals surface area contributed by atoms with E-state index in [4.69, 9.17) is 4.74 Å². The smallest absolute Gasteiger partial charge is 0.323 e. The zero-order valence-corrected chi connectivity index (χ0v) is 10.4. The summed E-state index contributed by atoms with van der Waals surface area (Å²) in [5.41, 5.74) is -0.730. The zero-order chi connectivity index (χ0) is 12.3. The van der Waals surface area contributed by atoms with Gasteiger partial charge in [-0.15, -0.1) is 0 Å². The monoisotopic (exact) mass is 242 g/mol. The molecule has 5 nitrogen and oxygen atoms in total. The number of carboxylic acids is 1. The third-order valence-corrected chi connectivity index (χ3v) is 3.86. The average molecular weight is 242 g/mol. The van der Waals surface area contributed by atoms with E-state index in [1.54, 1.807) is 0 Å². The molecule has 1 heterocycles. The molecule has 0 bridgehead atoms. The normalized spacial score (nSPS) is 25.5. The fourth-order valence-corrected chi connectivity index (χ4v) is 2.35. The molecular formula is C12H22N2O3. The number of aliphatic carboxylic acids is 1. The Morgan fingerprint density at radius 1 is 1.47 bits per heavy atom. The SMILES string of the molecule is CC(NCCN1CCOCC1)(C(=O)O)C1CC1. The summed E-state index contributed by atoms with van der Waals surface area (Å²) in [4.78, 5) is 13.6. The van der Waals surface area contributed by atoms with Crippen LogP contribution in [0.5, 0.6) is 0 Å². The number of carboxylic acid groups (broad SMARTS) is 1. The summed E-state index contributed by atoms with van der Waals surface area (Å²) in [6, 6.07) is 0. The number of hydrogen-bond acceptors (Lipinski definition) is 4. The first-order valence-electron chi connectivity index (χ1n) is 6.41. The van der Waals surface area contributed by atoms with E-state index in [2.05, 4.69) is 10.2 Å². The number of rotatable bonds is 6. The molecule has 0 amide bonds. The van der Waals surface area contributed by atoms with Gasteiger partial charge in [0.15, 0.2) is 0 Å². The van der Waals surface area contributed by atoms with Crippen molar-refractivity contribution in [3.05, 3.63) is 0 Å². The maximum Gasteiger partial charge on any atom is 0.323 e. The molecule has 17 heavy (non-hydrogen) atoms. The van der Waals surface area contributed by atoms with Crippen molar-refractivity contribution in [2.75, 3.05) is 39.4 Å². The lowest BCUT2D eigenvalue weighted by molar-refractivity contribution is -0.145. The molecule has 1 saturated heterocycles. The predicted molar refractivity (Wildman–Crippen MR) is 64.0 cm³/mol. The van der Waals surface area contributed by atoms with Crippen LogP contribution in [0.25, 0.3) is 0 Å². The van der Waals surface area contributed by atoms with Gasteiger partial charge in [0, 0.05) is 26.2 Å². The highest BCUT2D eigenvalue weighted by Crippen LogP contribution is 2.39. The Morgan fingerprint density at radius 3 is 2.65 bits per heavy atom. The molecular weight excluding hydrogens is 220 g/mol. The predicted octanol–water partition coefficient (Wildman–Crippen LogP) is 0.162. The van der Waals surface area contributed by atoms with E-state index in [1.165, 1.54) is 0 Å². The lowest BCUT2D eigenvalue weighted by Gasteiger charge is -2.30. The van der Waals surface area contributed by atoms with Gasteiger partial charge >= 0.3 is 5.97 Å². The largest absolute Gasteiger partial charge is 0.480 e. The number of morpholine rings is 1. The minimum absolute atomic E-state index is 0.310. The maximum atomic E-state index is 11.3. The second kappa shape index (κ2) is 5.33. The molecule has 0 aromatic heterocycles. The second-order valence-corrected chi connectivity index (χ2v) is 5.16. The first-order chi connectivity index (χ1) is 8.13. The van der Waals surface area contributed by atoms with Gasteiger partial charge in [-0.2, -0.15) is 0 Å². The molecule has 2 fully saturated rings. The van der Waals surface area contributed by atoms with Gasteiger partial charge in [-0.05, 0) is 25.7 Å². The quantitative estimate of drug-likeness (QED) is 0.695. The molecule has 0 aromatic carbocycles. The molecule has 1 saturated carbocycles. The van der Waals surface area contributed by atoms with Crippen molar-refractivity contribution >= 4 is 5.97 Å². The van der Waals surface area contributed by atoms with Gasteiger partial charge in [0.1, 0.15) is 5.54 Å². The number of ether oxygens (including phenoxy) is 1. The standard InChI is InChI=1S/C12H22N2O3/c1-12(11(15)16,10-2-3-10)13-4-5-14-6-8-17-9-7-14/h10,13H,2-9H2,1H3,(H,15,16). The summed E-state index contributed by atoms with van der Waals surface area (Å²) >= 11 is 0. The van der Waals surface area contributed by atoms with Crippen LogP contribution >= 0.6 is 0 Å². The average Bonchev–Trinajstić information content (AvgIpc) is 3.14. The van der Waals surface area contributed by atoms with Crippen molar-refractivity contribution in [3.8, 4) is 0 Å². The van der Waals surface area contributed by atoms with Gasteiger partial charge in [-0.25, -0.2) is 0 Å². The molecule has 0 aromatic rings. The Hall–Kier alpha value is -0.650. The van der Waals surface area contributed by atoms with E-state index in [0.29, 0.717) is 5.92 Å². The molecule has 2 N–H and O–H groups in total. The van der Waals surface area contributed by atoms with E-state index in [1.807, 2.05) is 6.92 Å². The maximum absolute atomic E-state index is 11.3. The molecule has 98 valence electrons. The van der Waals surface area contributed by atoms with Crippen LogP contribution in [0.2, 0.25) is 0 Å². The Balaban J connectivity index is 1.73. The van der Waals surface area contributed by atoms with Crippen molar-refractivity contribution in [1.82, 2.24) is 10.2 Å². The zero-order valence-electron chi connectivity index (χ0n) is 10.4. The molecule has 1 unspecified atom stereocenters. The topological polar surface area (TPSA) is 61.8 Å². The molecule has 1 aliphatic carbocycles. The van der Waals surface area contributed by atoms with Crippen LogP contribution in [-0.2, 0) is 9.53 Å². The highest BCUT2D eigenvalue weighted by Gasteiger charge is 2.46. The van der Waals surface area contributed by atoms with Crippen molar-refractivity contribution in [3.63, 3.8) is 0 Å². The molecule has 1 aliphatic heterocycles. The van der Waals surface area contributed by atoms with Crippen LogP contribution in [0.3, 0.4) is 0 Å². The fourth-order valence-electron chi connectivity index (χ4n) is 2.35. The summed E-state index contributed by atoms with van der Waals surface area (Å²) in [5, 5.41) is 12.5. The van der Waals surface area contributed by atoms with E-state index < -0.39 is 11.5 Å².